The van der Waals surface area contributed by atoms with Gasteiger partial charge in [-0.05, 0) is 51.5 Å². The predicted octanol–water partition coefficient (Wildman–Crippen LogP) is 2.47. The van der Waals surface area contributed by atoms with Crippen LogP contribution in [0.1, 0.15) is 44.4 Å². The van der Waals surface area contributed by atoms with Gasteiger partial charge in [-0.15, -0.1) is 11.3 Å². The third-order valence-electron chi connectivity index (χ3n) is 4.08. The molecule has 4 nitrogen and oxygen atoms in total. The van der Waals surface area contributed by atoms with E-state index in [0.29, 0.717) is 16.9 Å². The Morgan fingerprint density at radius 3 is 2.60 bits per heavy atom. The van der Waals surface area contributed by atoms with Crippen LogP contribution in [0.2, 0.25) is 0 Å². The van der Waals surface area contributed by atoms with E-state index in [1.807, 2.05) is 13.8 Å². The summed E-state index contributed by atoms with van der Waals surface area (Å²) in [7, 11) is -3.39. The summed E-state index contributed by atoms with van der Waals surface area (Å²) in [5, 5.41) is 5.15. The first-order valence-corrected chi connectivity index (χ1v) is 9.58. The van der Waals surface area contributed by atoms with E-state index >= 15 is 0 Å². The Morgan fingerprint density at radius 2 is 2.00 bits per heavy atom. The Balaban J connectivity index is 1.66. The van der Waals surface area contributed by atoms with Crippen molar-refractivity contribution in [3.8, 4) is 0 Å². The number of hydrogen-bond donors (Lipinski definition) is 2. The second-order valence-electron chi connectivity index (χ2n) is 6.51. The first-order chi connectivity index (χ1) is 9.37. The molecule has 0 atom stereocenters. The molecule has 0 amide bonds. The number of thiophene rings is 1. The van der Waals surface area contributed by atoms with E-state index in [0.717, 1.165) is 24.3 Å². The maximum Gasteiger partial charge on any atom is 0.241 e. The molecule has 2 saturated carbocycles. The summed E-state index contributed by atoms with van der Waals surface area (Å²) in [4.78, 5) is 1.49. The molecule has 0 radical (unpaired) electrons. The molecule has 3 rings (SSSR count). The lowest BCUT2D eigenvalue weighted by atomic mass is 10.0. The van der Waals surface area contributed by atoms with E-state index in [2.05, 4.69) is 10.0 Å². The van der Waals surface area contributed by atoms with Crippen molar-refractivity contribution in [1.82, 2.24) is 10.0 Å². The molecular formula is C14H22N2O2S2. The van der Waals surface area contributed by atoms with Gasteiger partial charge in [0.05, 0.1) is 4.90 Å². The molecule has 6 heteroatoms. The monoisotopic (exact) mass is 314 g/mol. The van der Waals surface area contributed by atoms with Gasteiger partial charge in [-0.3, -0.25) is 0 Å². The summed E-state index contributed by atoms with van der Waals surface area (Å²) < 4.78 is 27.7. The van der Waals surface area contributed by atoms with Gasteiger partial charge < -0.3 is 5.32 Å². The average molecular weight is 314 g/mol. The SMILES string of the molecule is CC(C)(NS(=O)(=O)c1csc(CNC2CC2)c1)C1CC1. The molecular weight excluding hydrogens is 292 g/mol. The van der Waals surface area contributed by atoms with Gasteiger partial charge in [-0.2, -0.15) is 0 Å². The molecule has 112 valence electrons. The lowest BCUT2D eigenvalue weighted by Crippen LogP contribution is -2.44. The van der Waals surface area contributed by atoms with Crippen LogP contribution in [0.3, 0.4) is 0 Å². The van der Waals surface area contributed by atoms with Gasteiger partial charge in [-0.25, -0.2) is 13.1 Å². The minimum atomic E-state index is -3.39. The van der Waals surface area contributed by atoms with E-state index in [-0.39, 0.29) is 5.54 Å². The maximum absolute atomic E-state index is 12.4. The molecule has 2 aliphatic rings. The maximum atomic E-state index is 12.4. The van der Waals surface area contributed by atoms with Crippen molar-refractivity contribution in [1.29, 1.82) is 0 Å². The molecule has 1 heterocycles. The van der Waals surface area contributed by atoms with E-state index < -0.39 is 10.0 Å². The smallest absolute Gasteiger partial charge is 0.241 e. The van der Waals surface area contributed by atoms with E-state index in [1.54, 1.807) is 11.4 Å². The van der Waals surface area contributed by atoms with Crippen LogP contribution in [0.5, 0.6) is 0 Å². The molecule has 20 heavy (non-hydrogen) atoms. The standard InChI is InChI=1S/C14H22N2O2S2/c1-14(2,10-3-4-10)16-20(17,18)13-7-12(19-9-13)8-15-11-5-6-11/h7,9-11,15-16H,3-6,8H2,1-2H3. The van der Waals surface area contributed by atoms with Gasteiger partial charge in [0.25, 0.3) is 0 Å². The van der Waals surface area contributed by atoms with Crippen molar-refractivity contribution in [2.75, 3.05) is 0 Å². The van der Waals surface area contributed by atoms with Gasteiger partial charge in [-0.1, -0.05) is 0 Å². The van der Waals surface area contributed by atoms with E-state index in [9.17, 15) is 8.42 Å². The Kier molecular flexibility index (Phi) is 3.69. The van der Waals surface area contributed by atoms with Crippen LogP contribution in [-0.2, 0) is 16.6 Å². The highest BCUT2D eigenvalue weighted by atomic mass is 32.2. The van der Waals surface area contributed by atoms with Crippen LogP contribution in [0.4, 0.5) is 0 Å². The molecule has 2 N–H and O–H groups in total. The third kappa shape index (κ3) is 3.42. The van der Waals surface area contributed by atoms with Gasteiger partial charge in [0.15, 0.2) is 0 Å². The molecule has 0 saturated heterocycles. The largest absolute Gasteiger partial charge is 0.309 e. The van der Waals surface area contributed by atoms with Gasteiger partial charge >= 0.3 is 0 Å². The van der Waals surface area contributed by atoms with Crippen LogP contribution in [0.25, 0.3) is 0 Å². The quantitative estimate of drug-likeness (QED) is 0.813. The molecule has 0 aromatic carbocycles. The molecule has 2 fully saturated rings. The molecule has 0 bridgehead atoms. The van der Waals surface area contributed by atoms with E-state index in [1.165, 1.54) is 24.2 Å². The van der Waals surface area contributed by atoms with Crippen molar-refractivity contribution in [3.63, 3.8) is 0 Å². The summed E-state index contributed by atoms with van der Waals surface area (Å²) in [5.74, 6) is 0.479. The lowest BCUT2D eigenvalue weighted by molar-refractivity contribution is 0.400. The zero-order valence-electron chi connectivity index (χ0n) is 12.0. The fourth-order valence-electron chi connectivity index (χ4n) is 2.42. The minimum absolute atomic E-state index is 0.340. The highest BCUT2D eigenvalue weighted by Crippen LogP contribution is 2.40. The third-order valence-corrected chi connectivity index (χ3v) is 6.81. The van der Waals surface area contributed by atoms with Gasteiger partial charge in [0, 0.05) is 28.4 Å². The molecule has 0 spiro atoms. The van der Waals surface area contributed by atoms with Crippen molar-refractivity contribution in [3.05, 3.63) is 16.3 Å². The fourth-order valence-corrected chi connectivity index (χ4v) is 5.12. The van der Waals surface area contributed by atoms with Crippen molar-refractivity contribution in [2.24, 2.45) is 5.92 Å². The van der Waals surface area contributed by atoms with Gasteiger partial charge in [0.2, 0.25) is 10.0 Å². The zero-order valence-corrected chi connectivity index (χ0v) is 13.6. The first-order valence-electron chi connectivity index (χ1n) is 7.21. The second-order valence-corrected chi connectivity index (χ2v) is 9.18. The van der Waals surface area contributed by atoms with Gasteiger partial charge in [0.1, 0.15) is 0 Å². The predicted molar refractivity (Wildman–Crippen MR) is 81.3 cm³/mol. The number of nitrogens with one attached hydrogen (secondary N) is 2. The molecule has 1 aromatic heterocycles. The summed E-state index contributed by atoms with van der Waals surface area (Å²) in [6.07, 6.45) is 4.73. The van der Waals surface area contributed by atoms with Crippen molar-refractivity contribution in [2.45, 2.75) is 62.6 Å². The number of hydrogen-bond acceptors (Lipinski definition) is 4. The Hall–Kier alpha value is -0.430. The molecule has 2 aliphatic carbocycles. The summed E-state index contributed by atoms with van der Waals surface area (Å²) >= 11 is 1.51. The summed E-state index contributed by atoms with van der Waals surface area (Å²) in [6, 6.07) is 2.44. The summed E-state index contributed by atoms with van der Waals surface area (Å²) in [5.41, 5.74) is -0.340. The Bertz CT molecular complexity index is 584. The minimum Gasteiger partial charge on any atom is -0.309 e. The molecule has 0 aliphatic heterocycles. The molecule has 0 unspecified atom stereocenters. The lowest BCUT2D eigenvalue weighted by Gasteiger charge is -2.25. The Morgan fingerprint density at radius 1 is 1.30 bits per heavy atom. The fraction of sp³-hybridized carbons (Fsp3) is 0.714. The molecule has 1 aromatic rings. The van der Waals surface area contributed by atoms with Crippen LogP contribution in [-0.4, -0.2) is 20.0 Å². The zero-order chi connectivity index (χ0) is 14.4. The first kappa shape index (κ1) is 14.5. The number of rotatable bonds is 7. The highest BCUT2D eigenvalue weighted by Gasteiger charge is 2.40. The summed E-state index contributed by atoms with van der Waals surface area (Å²) in [6.45, 7) is 4.73. The number of sulfonamides is 1. The van der Waals surface area contributed by atoms with Crippen molar-refractivity contribution >= 4 is 21.4 Å². The van der Waals surface area contributed by atoms with Crippen LogP contribution in [0.15, 0.2) is 16.3 Å². The van der Waals surface area contributed by atoms with Crippen LogP contribution >= 0.6 is 11.3 Å². The topological polar surface area (TPSA) is 58.2 Å². The van der Waals surface area contributed by atoms with Crippen molar-refractivity contribution < 1.29 is 8.42 Å². The second kappa shape index (κ2) is 5.09. The average Bonchev–Trinajstić information content (AvgIpc) is 3.23. The Labute approximate surface area is 125 Å². The van der Waals surface area contributed by atoms with Crippen LogP contribution in [0, 0.1) is 5.92 Å². The van der Waals surface area contributed by atoms with E-state index in [4.69, 9.17) is 0 Å². The highest BCUT2D eigenvalue weighted by molar-refractivity contribution is 7.89. The normalized spacial score (nSPS) is 20.3. The van der Waals surface area contributed by atoms with Crippen LogP contribution < -0.4 is 10.0 Å².